The van der Waals surface area contributed by atoms with Gasteiger partial charge in [0.15, 0.2) is 0 Å². The van der Waals surface area contributed by atoms with Crippen LogP contribution < -0.4 is 0 Å². The van der Waals surface area contributed by atoms with Crippen LogP contribution >= 0.6 is 12.6 Å². The Labute approximate surface area is 81.1 Å². The van der Waals surface area contributed by atoms with E-state index in [4.69, 9.17) is 4.74 Å². The molecule has 0 bridgehead atoms. The lowest BCUT2D eigenvalue weighted by Gasteiger charge is -2.07. The third kappa shape index (κ3) is 9.82. The first-order chi connectivity index (χ1) is 5.16. The predicted octanol–water partition coefficient (Wildman–Crippen LogP) is 2.67. The summed E-state index contributed by atoms with van der Waals surface area (Å²) in [6, 6.07) is 0. The topological polar surface area (TPSA) is 26.3 Å². The summed E-state index contributed by atoms with van der Waals surface area (Å²) < 4.78 is 4.77. The van der Waals surface area contributed by atoms with Crippen LogP contribution in [0.1, 0.15) is 40.5 Å². The van der Waals surface area contributed by atoms with Crippen LogP contribution in [0.4, 0.5) is 0 Å². The van der Waals surface area contributed by atoms with E-state index in [-0.39, 0.29) is 13.4 Å². The third-order valence-electron chi connectivity index (χ3n) is 1.38. The van der Waals surface area contributed by atoms with E-state index in [1.807, 2.05) is 0 Å². The van der Waals surface area contributed by atoms with Crippen LogP contribution in [-0.2, 0) is 9.53 Å². The van der Waals surface area contributed by atoms with Crippen molar-refractivity contribution in [3.63, 3.8) is 0 Å². The molecule has 0 saturated carbocycles. The molecule has 1 unspecified atom stereocenters. The van der Waals surface area contributed by atoms with Gasteiger partial charge < -0.3 is 4.74 Å². The minimum Gasteiger partial charge on any atom is -0.466 e. The molecule has 0 amide bonds. The average molecular weight is 192 g/mol. The van der Waals surface area contributed by atoms with Crippen LogP contribution in [0.2, 0.25) is 0 Å². The number of thiol groups is 1. The summed E-state index contributed by atoms with van der Waals surface area (Å²) in [6.07, 6.45) is 3.08. The van der Waals surface area contributed by atoms with E-state index in [1.165, 1.54) is 6.92 Å². The molecule has 0 spiro atoms. The standard InChI is InChI=1S/C8H16O2S.CH4/c1-3-4-8(11)5-6-10-7(2)9;/h8,11H,3-6H2,1-2H3;1H4. The van der Waals surface area contributed by atoms with Gasteiger partial charge in [-0.1, -0.05) is 20.8 Å². The zero-order valence-electron chi connectivity index (χ0n) is 7.17. The van der Waals surface area contributed by atoms with Gasteiger partial charge in [0.05, 0.1) is 6.61 Å². The van der Waals surface area contributed by atoms with Crippen molar-refractivity contribution in [3.8, 4) is 0 Å². The van der Waals surface area contributed by atoms with Crippen LogP contribution in [0.25, 0.3) is 0 Å². The van der Waals surface area contributed by atoms with Gasteiger partial charge in [0.25, 0.3) is 0 Å². The highest BCUT2D eigenvalue weighted by atomic mass is 32.1. The Morgan fingerprint density at radius 1 is 1.50 bits per heavy atom. The van der Waals surface area contributed by atoms with Crippen molar-refractivity contribution in [2.45, 2.75) is 45.8 Å². The van der Waals surface area contributed by atoms with Gasteiger partial charge in [-0.15, -0.1) is 0 Å². The molecule has 0 aliphatic carbocycles. The third-order valence-corrected chi connectivity index (χ3v) is 1.89. The lowest BCUT2D eigenvalue weighted by molar-refractivity contribution is -0.141. The fourth-order valence-electron chi connectivity index (χ4n) is 0.816. The molecule has 0 N–H and O–H groups in total. The highest BCUT2D eigenvalue weighted by Crippen LogP contribution is 2.08. The summed E-state index contributed by atoms with van der Waals surface area (Å²) in [5.74, 6) is -0.206. The van der Waals surface area contributed by atoms with Crippen molar-refractivity contribution < 1.29 is 9.53 Å². The molecule has 0 aromatic carbocycles. The highest BCUT2D eigenvalue weighted by Gasteiger charge is 2.01. The summed E-state index contributed by atoms with van der Waals surface area (Å²) in [5, 5.41) is 0.374. The van der Waals surface area contributed by atoms with Gasteiger partial charge >= 0.3 is 5.97 Å². The van der Waals surface area contributed by atoms with Crippen LogP contribution in [0.3, 0.4) is 0 Å². The lowest BCUT2D eigenvalue weighted by atomic mass is 10.2. The molecule has 3 heteroatoms. The van der Waals surface area contributed by atoms with Gasteiger partial charge in [-0.05, 0) is 12.8 Å². The summed E-state index contributed by atoms with van der Waals surface area (Å²) in [4.78, 5) is 10.3. The van der Waals surface area contributed by atoms with E-state index in [9.17, 15) is 4.79 Å². The average Bonchev–Trinajstić information content (AvgIpc) is 1.87. The molecule has 74 valence electrons. The first-order valence-corrected chi connectivity index (χ1v) is 4.50. The molecular weight excluding hydrogens is 172 g/mol. The van der Waals surface area contributed by atoms with E-state index in [2.05, 4.69) is 19.6 Å². The first kappa shape index (κ1) is 14.3. The molecule has 12 heavy (non-hydrogen) atoms. The Kier molecular flexibility index (Phi) is 10.7. The van der Waals surface area contributed by atoms with Crippen LogP contribution in [0.15, 0.2) is 0 Å². The van der Waals surface area contributed by atoms with Gasteiger partial charge in [-0.3, -0.25) is 4.79 Å². The maximum Gasteiger partial charge on any atom is 0.302 e. The van der Waals surface area contributed by atoms with E-state index >= 15 is 0 Å². The number of hydrogen-bond donors (Lipinski definition) is 1. The van der Waals surface area contributed by atoms with Crippen LogP contribution in [0, 0.1) is 0 Å². The van der Waals surface area contributed by atoms with Crippen molar-refractivity contribution in [1.82, 2.24) is 0 Å². The predicted molar refractivity (Wildman–Crippen MR) is 55.7 cm³/mol. The number of esters is 1. The number of ether oxygens (including phenoxy) is 1. The fraction of sp³-hybridized carbons (Fsp3) is 0.889. The Bertz CT molecular complexity index is 115. The normalized spacial score (nSPS) is 11.6. The van der Waals surface area contributed by atoms with Gasteiger partial charge in [0.1, 0.15) is 0 Å². The summed E-state index contributed by atoms with van der Waals surface area (Å²) in [6.45, 7) is 4.05. The number of carbonyl (C=O) groups excluding carboxylic acids is 1. The molecule has 0 aliphatic heterocycles. The van der Waals surface area contributed by atoms with Crippen molar-refractivity contribution in [2.24, 2.45) is 0 Å². The molecule has 1 atom stereocenters. The monoisotopic (exact) mass is 192 g/mol. The molecule has 2 nitrogen and oxygen atoms in total. The molecule has 0 fully saturated rings. The van der Waals surface area contributed by atoms with E-state index in [0.717, 1.165) is 19.3 Å². The molecule has 0 radical (unpaired) electrons. The second-order valence-electron chi connectivity index (χ2n) is 2.57. The van der Waals surface area contributed by atoms with Gasteiger partial charge in [0.2, 0.25) is 0 Å². The zero-order valence-corrected chi connectivity index (χ0v) is 8.06. The van der Waals surface area contributed by atoms with E-state index in [1.54, 1.807) is 0 Å². The van der Waals surface area contributed by atoms with Gasteiger partial charge in [-0.2, -0.15) is 12.6 Å². The molecular formula is C9H20O2S. The summed E-state index contributed by atoms with van der Waals surface area (Å²) in [7, 11) is 0. The minimum absolute atomic E-state index is 0. The fourth-order valence-corrected chi connectivity index (χ4v) is 1.18. The number of rotatable bonds is 5. The Balaban J connectivity index is 0. The van der Waals surface area contributed by atoms with Gasteiger partial charge in [-0.25, -0.2) is 0 Å². The Hall–Kier alpha value is -0.180. The maximum atomic E-state index is 10.3. The quantitative estimate of drug-likeness (QED) is 0.535. The van der Waals surface area contributed by atoms with Gasteiger partial charge in [0, 0.05) is 12.2 Å². The molecule has 0 aromatic heterocycles. The Morgan fingerprint density at radius 3 is 2.50 bits per heavy atom. The van der Waals surface area contributed by atoms with Crippen molar-refractivity contribution >= 4 is 18.6 Å². The van der Waals surface area contributed by atoms with Crippen LogP contribution in [0.5, 0.6) is 0 Å². The molecule has 0 heterocycles. The van der Waals surface area contributed by atoms with Crippen molar-refractivity contribution in [2.75, 3.05) is 6.61 Å². The molecule has 0 aliphatic rings. The maximum absolute atomic E-state index is 10.3. The number of carbonyl (C=O) groups is 1. The highest BCUT2D eigenvalue weighted by molar-refractivity contribution is 7.80. The molecule has 0 aromatic rings. The molecule has 0 saturated heterocycles. The minimum atomic E-state index is -0.206. The van der Waals surface area contributed by atoms with Crippen molar-refractivity contribution in [3.05, 3.63) is 0 Å². The van der Waals surface area contributed by atoms with Crippen molar-refractivity contribution in [1.29, 1.82) is 0 Å². The van der Waals surface area contributed by atoms with Crippen LogP contribution in [-0.4, -0.2) is 17.8 Å². The lowest BCUT2D eigenvalue weighted by Crippen LogP contribution is -2.07. The summed E-state index contributed by atoms with van der Waals surface area (Å²) >= 11 is 4.32. The smallest absolute Gasteiger partial charge is 0.302 e. The van der Waals surface area contributed by atoms with E-state index < -0.39 is 0 Å². The second-order valence-corrected chi connectivity index (χ2v) is 3.30. The van der Waals surface area contributed by atoms with E-state index in [0.29, 0.717) is 11.9 Å². The largest absolute Gasteiger partial charge is 0.466 e. The second kappa shape index (κ2) is 8.91. The zero-order chi connectivity index (χ0) is 8.69. The number of hydrogen-bond acceptors (Lipinski definition) is 3. The molecule has 0 rings (SSSR count). The Morgan fingerprint density at radius 2 is 2.08 bits per heavy atom. The first-order valence-electron chi connectivity index (χ1n) is 3.98. The summed E-state index contributed by atoms with van der Waals surface area (Å²) in [5.41, 5.74) is 0. The SMILES string of the molecule is C.CCCC(S)CCOC(C)=O.